The number of carbonyl (C=O) groups excluding carboxylic acids is 10. The van der Waals surface area contributed by atoms with Crippen molar-refractivity contribution in [2.24, 2.45) is 23.1 Å². The summed E-state index contributed by atoms with van der Waals surface area (Å²) in [5, 5.41) is 45.2. The Morgan fingerprint density at radius 2 is 1.36 bits per heavy atom. The second-order valence-electron chi connectivity index (χ2n) is 17.3. The number of carboxylic acid groups (broad SMARTS) is 1. The smallest absolute Gasteiger partial charge is 0.307 e. The van der Waals surface area contributed by atoms with Gasteiger partial charge in [-0.2, -0.15) is 11.8 Å². The van der Waals surface area contributed by atoms with Crippen LogP contribution in [0, 0.1) is 5.92 Å². The Morgan fingerprint density at radius 1 is 0.750 bits per heavy atom. The van der Waals surface area contributed by atoms with E-state index in [1.165, 1.54) is 23.6 Å². The summed E-state index contributed by atoms with van der Waals surface area (Å²) in [6.07, 6.45) is 2.78. The normalized spacial score (nSPS) is 16.1. The minimum Gasteiger partial charge on any atom is -0.481 e. The second-order valence-corrected chi connectivity index (χ2v) is 19.4. The number of carbonyl (C=O) groups is 11. The molecule has 1 aliphatic heterocycles. The molecule has 0 radical (unpaired) electrons. The summed E-state index contributed by atoms with van der Waals surface area (Å²) < 4.78 is 0. The van der Waals surface area contributed by atoms with Gasteiger partial charge in [0, 0.05) is 17.9 Å². The van der Waals surface area contributed by atoms with Crippen molar-refractivity contribution in [3.05, 3.63) is 29.8 Å². The number of unbranched alkanes of at least 4 members (excludes halogenated alkanes) is 1. The number of primary amides is 1. The molecule has 1 heterocycles. The third kappa shape index (κ3) is 21.5. The van der Waals surface area contributed by atoms with Crippen LogP contribution >= 0.6 is 23.5 Å². The van der Waals surface area contributed by atoms with Crippen molar-refractivity contribution in [1.82, 2.24) is 42.1 Å². The van der Waals surface area contributed by atoms with Gasteiger partial charge in [0.2, 0.25) is 58.3 Å². The van der Waals surface area contributed by atoms with Gasteiger partial charge in [-0.25, -0.2) is 0 Å². The first kappa shape index (κ1) is 62.2. The van der Waals surface area contributed by atoms with E-state index in [2.05, 4.69) is 37.2 Å². The molecule has 1 aliphatic rings. The molecule has 0 bridgehead atoms. The monoisotopic (exact) mass is 1050 g/mol. The molecule has 1 aromatic carbocycles. The van der Waals surface area contributed by atoms with Crippen LogP contribution in [-0.2, 0) is 59.2 Å². The van der Waals surface area contributed by atoms with Crippen LogP contribution in [0.25, 0.3) is 0 Å². The van der Waals surface area contributed by atoms with Gasteiger partial charge in [-0.05, 0) is 106 Å². The number of carboxylic acids is 1. The molecule has 0 unspecified atom stereocenters. The number of hydrogen-bond donors (Lipinski definition) is 13. The van der Waals surface area contributed by atoms with E-state index in [0.717, 1.165) is 11.8 Å². The van der Waals surface area contributed by atoms with Crippen LogP contribution < -0.4 is 54.4 Å². The summed E-state index contributed by atoms with van der Waals surface area (Å²) in [7, 11) is 0. The van der Waals surface area contributed by atoms with Gasteiger partial charge < -0.3 is 74.6 Å². The SMILES string of the molecule is CSCC[C@H](NC(=O)[C@H](CCCCN)NC(=O)[C@@H]1CCCN1C(=O)[C@@H](N)CO)C(=O)N[C@H](C(=O)N[C@@H](CCC(N)=O)C(=O)NCC(=O)N[C@@H](CO)C(=O)N[C@@H](C)C(=O)Sc1ccc(CC(=O)O)cc1)C(C)C. The van der Waals surface area contributed by atoms with Gasteiger partial charge in [0.25, 0.3) is 0 Å². The van der Waals surface area contributed by atoms with Gasteiger partial charge in [0.15, 0.2) is 0 Å². The molecule has 1 aromatic rings. The van der Waals surface area contributed by atoms with Gasteiger partial charge in [-0.1, -0.05) is 26.0 Å². The largest absolute Gasteiger partial charge is 0.481 e. The lowest BCUT2D eigenvalue weighted by Crippen LogP contribution is -2.60. The van der Waals surface area contributed by atoms with Crippen molar-refractivity contribution < 1.29 is 68.1 Å². The predicted molar refractivity (Wildman–Crippen MR) is 265 cm³/mol. The Bertz CT molecular complexity index is 2050. The average molecular weight is 1050 g/mol. The van der Waals surface area contributed by atoms with Crippen molar-refractivity contribution >= 4 is 87.8 Å². The molecule has 9 amide bonds. The van der Waals surface area contributed by atoms with E-state index in [1.54, 1.807) is 44.4 Å². The molecular weight excluding hydrogens is 983 g/mol. The molecule has 0 aliphatic carbocycles. The van der Waals surface area contributed by atoms with Crippen molar-refractivity contribution in [3.63, 3.8) is 0 Å². The number of nitrogens with two attached hydrogens (primary N) is 3. The number of thioether (sulfide) groups is 2. The number of likely N-dealkylation sites (tertiary alicyclic amines) is 1. The van der Waals surface area contributed by atoms with Crippen molar-refractivity contribution in [2.45, 2.75) is 132 Å². The fourth-order valence-electron chi connectivity index (χ4n) is 7.16. The predicted octanol–water partition coefficient (Wildman–Crippen LogP) is -3.92. The molecule has 72 heavy (non-hydrogen) atoms. The van der Waals surface area contributed by atoms with E-state index in [-0.39, 0.29) is 32.2 Å². The average Bonchev–Trinajstić information content (AvgIpc) is 3.84. The number of aliphatic hydroxyl groups is 2. The van der Waals surface area contributed by atoms with Gasteiger partial charge >= 0.3 is 5.97 Å². The summed E-state index contributed by atoms with van der Waals surface area (Å²) in [5.41, 5.74) is 17.3. The van der Waals surface area contributed by atoms with Crippen LogP contribution in [0.2, 0.25) is 0 Å². The van der Waals surface area contributed by atoms with Crippen LogP contribution in [0.1, 0.15) is 77.7 Å². The van der Waals surface area contributed by atoms with E-state index in [4.69, 9.17) is 22.3 Å². The van der Waals surface area contributed by atoms with E-state index in [9.17, 15) is 63.0 Å². The zero-order valence-corrected chi connectivity index (χ0v) is 42.6. The minimum absolute atomic E-state index is 0.0903. The topological polar surface area (TPSA) is 414 Å². The Labute approximate surface area is 426 Å². The van der Waals surface area contributed by atoms with Crippen LogP contribution in [0.4, 0.5) is 0 Å². The lowest BCUT2D eigenvalue weighted by Gasteiger charge is -2.29. The van der Waals surface area contributed by atoms with Gasteiger partial charge in [0.1, 0.15) is 42.3 Å². The number of rotatable bonds is 32. The molecule has 1 saturated heterocycles. The molecule has 0 spiro atoms. The fourth-order valence-corrected chi connectivity index (χ4v) is 8.38. The molecule has 16 N–H and O–H groups in total. The first-order chi connectivity index (χ1) is 34.1. The molecule has 25 nitrogen and oxygen atoms in total. The highest BCUT2D eigenvalue weighted by molar-refractivity contribution is 8.13. The molecule has 8 atom stereocenters. The molecular formula is C45H71N11O14S2. The van der Waals surface area contributed by atoms with Gasteiger partial charge in [-0.15, -0.1) is 0 Å². The highest BCUT2D eigenvalue weighted by atomic mass is 32.2. The number of aliphatic carboxylic acids is 1. The number of hydrogen-bond acceptors (Lipinski definition) is 17. The van der Waals surface area contributed by atoms with E-state index < -0.39 is 145 Å². The van der Waals surface area contributed by atoms with Crippen LogP contribution in [-0.4, -0.2) is 178 Å². The van der Waals surface area contributed by atoms with Crippen LogP contribution in [0.15, 0.2) is 29.2 Å². The lowest BCUT2D eigenvalue weighted by molar-refractivity contribution is -0.141. The Balaban J connectivity index is 2.14. The molecule has 2 rings (SSSR count). The van der Waals surface area contributed by atoms with E-state index in [1.807, 2.05) is 0 Å². The Morgan fingerprint density at radius 3 is 1.94 bits per heavy atom. The zero-order valence-electron chi connectivity index (χ0n) is 40.9. The van der Waals surface area contributed by atoms with E-state index >= 15 is 0 Å². The number of benzene rings is 1. The van der Waals surface area contributed by atoms with Crippen LogP contribution in [0.5, 0.6) is 0 Å². The standard InChI is InChI=1S/C45H71N11O14S2/c1-24(2)37(55-40(65)31(16-19-71-4)52-39(64)29(8-5-6-17-46)53-42(67)33-9-7-18-56(33)44(69)28(47)22-57)43(68)54-30(14-15-34(48)59)38(63)49-21-35(60)51-32(23-58)41(66)50-25(3)45(70)72-27-12-10-26(11-13-27)20-36(61)62/h10-13,24-25,28-33,37,57-58H,5-9,14-23,46-47H2,1-4H3,(H2,48,59)(H,49,63)(H,50,66)(H,51,60)(H,52,64)(H,53,67)(H,54,68)(H,55,65)(H,61,62)/t25-,28-,29-,30-,31-,32-,33-,37-/m0/s1. The number of nitrogens with zero attached hydrogens (tertiary/aromatic N) is 1. The molecule has 1 fully saturated rings. The lowest BCUT2D eigenvalue weighted by atomic mass is 10.0. The fraction of sp³-hybridized carbons (Fsp3) is 0.622. The van der Waals surface area contributed by atoms with Crippen LogP contribution in [0.3, 0.4) is 0 Å². The number of aliphatic hydroxyl groups excluding tert-OH is 2. The first-order valence-electron chi connectivity index (χ1n) is 23.4. The Hall–Kier alpha value is -5.87. The first-order valence-corrected chi connectivity index (χ1v) is 25.6. The highest BCUT2D eigenvalue weighted by Gasteiger charge is 2.38. The quantitative estimate of drug-likeness (QED) is 0.0242. The van der Waals surface area contributed by atoms with E-state index in [0.29, 0.717) is 48.4 Å². The Kier molecular flexibility index (Phi) is 27.9. The van der Waals surface area contributed by atoms with Crippen molar-refractivity contribution in [2.75, 3.05) is 44.9 Å². The van der Waals surface area contributed by atoms with Gasteiger partial charge in [0.05, 0.1) is 32.2 Å². The zero-order chi connectivity index (χ0) is 54.1. The maximum Gasteiger partial charge on any atom is 0.307 e. The molecule has 0 saturated carbocycles. The maximum atomic E-state index is 13.9. The summed E-state index contributed by atoms with van der Waals surface area (Å²) in [5.74, 6) is -8.54. The van der Waals surface area contributed by atoms with Crippen molar-refractivity contribution in [3.8, 4) is 0 Å². The second kappa shape index (κ2) is 32.3. The molecule has 0 aromatic heterocycles. The minimum atomic E-state index is -1.56. The maximum absolute atomic E-state index is 13.9. The summed E-state index contributed by atoms with van der Waals surface area (Å²) in [4.78, 5) is 145. The summed E-state index contributed by atoms with van der Waals surface area (Å²) >= 11 is 2.15. The molecule has 27 heteroatoms. The summed E-state index contributed by atoms with van der Waals surface area (Å²) in [6.45, 7) is 2.81. The third-order valence-electron chi connectivity index (χ3n) is 11.2. The highest BCUT2D eigenvalue weighted by Crippen LogP contribution is 2.22. The molecule has 402 valence electrons. The summed E-state index contributed by atoms with van der Waals surface area (Å²) in [6, 6.07) is -3.85. The van der Waals surface area contributed by atoms with Gasteiger partial charge in [-0.3, -0.25) is 52.7 Å². The number of nitrogens with one attached hydrogen (secondary N) is 7. The number of amides is 9. The van der Waals surface area contributed by atoms with Crippen molar-refractivity contribution in [1.29, 1.82) is 0 Å². The third-order valence-corrected chi connectivity index (χ3v) is 12.9.